The van der Waals surface area contributed by atoms with Crippen LogP contribution < -0.4 is 5.32 Å². The van der Waals surface area contributed by atoms with Crippen LogP contribution in [-0.2, 0) is 16.0 Å². The summed E-state index contributed by atoms with van der Waals surface area (Å²) < 4.78 is 19.2. The number of nitrogens with zero attached hydrogens (tertiary/aromatic N) is 2. The van der Waals surface area contributed by atoms with Crippen LogP contribution >= 0.6 is 0 Å². The molecule has 0 unspecified atom stereocenters. The predicted molar refractivity (Wildman–Crippen MR) is 108 cm³/mol. The van der Waals surface area contributed by atoms with E-state index in [4.69, 9.17) is 4.74 Å². The topological polar surface area (TPSA) is 54.5 Å². The number of likely N-dealkylation sites (tertiary alicyclic amines) is 1. The summed E-state index contributed by atoms with van der Waals surface area (Å²) in [5.74, 6) is -0.622. The van der Waals surface area contributed by atoms with Crippen LogP contribution in [-0.4, -0.2) is 48.1 Å². The summed E-state index contributed by atoms with van der Waals surface area (Å²) in [6.07, 6.45) is 6.29. The summed E-state index contributed by atoms with van der Waals surface area (Å²) in [7, 11) is 0. The molecular weight excluding hydrogens is 357 g/mol. The molecule has 2 heterocycles. The fourth-order valence-electron chi connectivity index (χ4n) is 3.28. The fraction of sp³-hybridized carbons (Fsp3) is 0.364. The van der Waals surface area contributed by atoms with Gasteiger partial charge in [0.2, 0.25) is 0 Å². The van der Waals surface area contributed by atoms with Crippen LogP contribution in [0.25, 0.3) is 6.08 Å². The molecule has 0 saturated carbocycles. The van der Waals surface area contributed by atoms with E-state index in [1.807, 2.05) is 6.07 Å². The number of hydrogen-bond donors (Lipinski definition) is 1. The number of nitrogens with one attached hydrogen (secondary N) is 1. The zero-order valence-electron chi connectivity index (χ0n) is 16.1. The van der Waals surface area contributed by atoms with Crippen LogP contribution in [0.4, 0.5) is 10.2 Å². The van der Waals surface area contributed by atoms with E-state index in [0.717, 1.165) is 32.5 Å². The van der Waals surface area contributed by atoms with E-state index in [9.17, 15) is 9.18 Å². The summed E-state index contributed by atoms with van der Waals surface area (Å²) >= 11 is 0. The van der Waals surface area contributed by atoms with Crippen molar-refractivity contribution in [1.82, 2.24) is 9.88 Å². The number of benzene rings is 1. The second-order valence-corrected chi connectivity index (χ2v) is 6.85. The Morgan fingerprint density at radius 3 is 2.96 bits per heavy atom. The van der Waals surface area contributed by atoms with E-state index in [1.54, 1.807) is 13.1 Å². The number of pyridine rings is 1. The normalized spacial score (nSPS) is 17.1. The molecule has 5 nitrogen and oxygen atoms in total. The lowest BCUT2D eigenvalue weighted by Crippen LogP contribution is -2.28. The van der Waals surface area contributed by atoms with Gasteiger partial charge in [0.15, 0.2) is 11.6 Å². The Balaban J connectivity index is 1.49. The van der Waals surface area contributed by atoms with Gasteiger partial charge in [-0.15, -0.1) is 0 Å². The summed E-state index contributed by atoms with van der Waals surface area (Å²) in [5, 5.41) is 3.21. The molecule has 1 aromatic heterocycles. The van der Waals surface area contributed by atoms with E-state index in [1.165, 1.54) is 23.8 Å². The highest BCUT2D eigenvalue weighted by molar-refractivity contribution is 5.87. The Morgan fingerprint density at radius 1 is 1.39 bits per heavy atom. The van der Waals surface area contributed by atoms with Crippen molar-refractivity contribution in [1.29, 1.82) is 0 Å². The summed E-state index contributed by atoms with van der Waals surface area (Å²) in [5.41, 5.74) is 1.85. The van der Waals surface area contributed by atoms with Gasteiger partial charge in [0, 0.05) is 37.9 Å². The number of ether oxygens (including phenoxy) is 1. The first kappa shape index (κ1) is 20.0. The zero-order valence-corrected chi connectivity index (χ0v) is 16.1. The minimum absolute atomic E-state index is 0.179. The smallest absolute Gasteiger partial charge is 0.330 e. The van der Waals surface area contributed by atoms with Crippen LogP contribution in [0.2, 0.25) is 0 Å². The quantitative estimate of drug-likeness (QED) is 0.558. The van der Waals surface area contributed by atoms with Crippen molar-refractivity contribution in [3.63, 3.8) is 0 Å². The molecule has 0 bridgehead atoms. The first-order valence-corrected chi connectivity index (χ1v) is 9.67. The van der Waals surface area contributed by atoms with Crippen molar-refractivity contribution in [2.75, 3.05) is 31.6 Å². The molecule has 1 N–H and O–H groups in total. The van der Waals surface area contributed by atoms with Crippen LogP contribution in [0.15, 0.2) is 48.7 Å². The van der Waals surface area contributed by atoms with E-state index < -0.39 is 11.8 Å². The minimum atomic E-state index is -0.452. The van der Waals surface area contributed by atoms with E-state index >= 15 is 0 Å². The third kappa shape index (κ3) is 5.89. The largest absolute Gasteiger partial charge is 0.463 e. The first-order valence-electron chi connectivity index (χ1n) is 9.67. The molecule has 1 saturated heterocycles. The molecule has 1 aliphatic rings. The molecule has 0 amide bonds. The van der Waals surface area contributed by atoms with Gasteiger partial charge in [-0.2, -0.15) is 0 Å². The molecule has 1 aromatic carbocycles. The lowest BCUT2D eigenvalue weighted by atomic mass is 10.1. The van der Waals surface area contributed by atoms with Crippen molar-refractivity contribution in [3.05, 3.63) is 65.6 Å². The van der Waals surface area contributed by atoms with Gasteiger partial charge in [-0.05, 0) is 43.0 Å². The number of esters is 1. The monoisotopic (exact) mass is 383 g/mol. The third-order valence-corrected chi connectivity index (χ3v) is 4.73. The van der Waals surface area contributed by atoms with Crippen molar-refractivity contribution in [3.8, 4) is 0 Å². The molecule has 0 radical (unpaired) electrons. The van der Waals surface area contributed by atoms with Crippen molar-refractivity contribution in [2.24, 2.45) is 0 Å². The number of aromatic nitrogens is 1. The van der Waals surface area contributed by atoms with Crippen molar-refractivity contribution < 1.29 is 13.9 Å². The Bertz CT molecular complexity index is 811. The third-order valence-electron chi connectivity index (χ3n) is 4.73. The van der Waals surface area contributed by atoms with E-state index in [-0.39, 0.29) is 11.9 Å². The van der Waals surface area contributed by atoms with Crippen molar-refractivity contribution >= 4 is 17.9 Å². The second kappa shape index (κ2) is 9.99. The molecule has 1 fully saturated rings. The van der Waals surface area contributed by atoms with Crippen molar-refractivity contribution in [2.45, 2.75) is 25.8 Å². The highest BCUT2D eigenvalue weighted by Crippen LogP contribution is 2.18. The molecule has 28 heavy (non-hydrogen) atoms. The molecule has 0 spiro atoms. The summed E-state index contributed by atoms with van der Waals surface area (Å²) in [4.78, 5) is 17.9. The molecule has 3 rings (SSSR count). The van der Waals surface area contributed by atoms with Gasteiger partial charge in [-0.25, -0.2) is 14.2 Å². The van der Waals surface area contributed by atoms with Gasteiger partial charge in [0.25, 0.3) is 0 Å². The van der Waals surface area contributed by atoms with Crippen LogP contribution in [0.3, 0.4) is 0 Å². The number of carbonyl (C=O) groups excluding carboxylic acids is 1. The first-order chi connectivity index (χ1) is 13.6. The second-order valence-electron chi connectivity index (χ2n) is 6.85. The Labute approximate surface area is 165 Å². The Kier molecular flexibility index (Phi) is 7.14. The molecule has 2 aromatic rings. The molecular formula is C22H26FN3O2. The highest BCUT2D eigenvalue weighted by Gasteiger charge is 2.23. The van der Waals surface area contributed by atoms with E-state index in [2.05, 4.69) is 39.5 Å². The van der Waals surface area contributed by atoms with Gasteiger partial charge in [-0.3, -0.25) is 0 Å². The maximum Gasteiger partial charge on any atom is 0.330 e. The number of anilines is 1. The number of rotatable bonds is 8. The molecule has 1 aliphatic heterocycles. The average molecular weight is 383 g/mol. The fourth-order valence-corrected chi connectivity index (χ4v) is 3.28. The standard InChI is InChI=1S/C22H26FN3O2/c1-2-28-21(27)9-8-18-14-20(23)22(24-15-18)25-19-11-13-26(16-19)12-10-17-6-4-3-5-7-17/h3-9,14-15,19H,2,10-13,16H2,1H3,(H,24,25)/b9-8+/t19-/m1/s1. The molecule has 1 atom stereocenters. The Hall–Kier alpha value is -2.73. The zero-order chi connectivity index (χ0) is 19.8. The number of carbonyl (C=O) groups is 1. The van der Waals surface area contributed by atoms with Gasteiger partial charge < -0.3 is 15.0 Å². The van der Waals surface area contributed by atoms with Gasteiger partial charge in [0.05, 0.1) is 6.61 Å². The van der Waals surface area contributed by atoms with Crippen LogP contribution in [0.5, 0.6) is 0 Å². The van der Waals surface area contributed by atoms with Gasteiger partial charge >= 0.3 is 5.97 Å². The van der Waals surface area contributed by atoms with Gasteiger partial charge in [0.1, 0.15) is 0 Å². The highest BCUT2D eigenvalue weighted by atomic mass is 19.1. The average Bonchev–Trinajstić information content (AvgIpc) is 3.15. The summed E-state index contributed by atoms with van der Waals surface area (Å²) in [6.45, 7) is 4.91. The van der Waals surface area contributed by atoms with Gasteiger partial charge in [-0.1, -0.05) is 30.3 Å². The lowest BCUT2D eigenvalue weighted by molar-refractivity contribution is -0.137. The SMILES string of the molecule is CCOC(=O)/C=C/c1cnc(N[C@@H]2CCN(CCc3ccccc3)C2)c(F)c1. The molecule has 148 valence electrons. The van der Waals surface area contributed by atoms with E-state index in [0.29, 0.717) is 12.2 Å². The van der Waals surface area contributed by atoms with Crippen LogP contribution in [0, 0.1) is 5.82 Å². The molecule has 0 aliphatic carbocycles. The maximum absolute atomic E-state index is 14.4. The van der Waals surface area contributed by atoms with Crippen LogP contribution in [0.1, 0.15) is 24.5 Å². The summed E-state index contributed by atoms with van der Waals surface area (Å²) in [6, 6.07) is 12.0. The minimum Gasteiger partial charge on any atom is -0.463 e. The predicted octanol–water partition coefficient (Wildman–Crippen LogP) is 3.53. The number of hydrogen-bond acceptors (Lipinski definition) is 5. The lowest BCUT2D eigenvalue weighted by Gasteiger charge is -2.17. The number of halogens is 1. The Morgan fingerprint density at radius 2 is 2.21 bits per heavy atom. The maximum atomic E-state index is 14.4. The molecule has 6 heteroatoms.